The van der Waals surface area contributed by atoms with Gasteiger partial charge in [0.2, 0.25) is 17.8 Å². The molecule has 1 rings (SSSR count). The Balaban J connectivity index is 2.38. The van der Waals surface area contributed by atoms with Gasteiger partial charge in [-0.05, 0) is 6.42 Å². The largest absolute Gasteiger partial charge is 0.481 e. The van der Waals surface area contributed by atoms with Crippen LogP contribution in [0.1, 0.15) is 32.6 Å². The standard InChI is InChI=1S/C11H18FN3O/c1-3-4-5-6-7-13-11-14-9(12)8-10(15-11)16-2/h8H,3-7H2,1-2H3,(H,13,14,15). The number of aromatic nitrogens is 2. The summed E-state index contributed by atoms with van der Waals surface area (Å²) in [6.07, 6.45) is 4.62. The van der Waals surface area contributed by atoms with Crippen LogP contribution in [0.15, 0.2) is 6.07 Å². The molecule has 1 N–H and O–H groups in total. The zero-order valence-electron chi connectivity index (χ0n) is 9.79. The third kappa shape index (κ3) is 4.42. The van der Waals surface area contributed by atoms with Crippen LogP contribution in [0.3, 0.4) is 0 Å². The lowest BCUT2D eigenvalue weighted by atomic mass is 10.2. The molecule has 0 unspecified atom stereocenters. The average Bonchev–Trinajstić information content (AvgIpc) is 2.28. The lowest BCUT2D eigenvalue weighted by Crippen LogP contribution is -2.07. The van der Waals surface area contributed by atoms with E-state index in [1.807, 2.05) is 0 Å². The van der Waals surface area contributed by atoms with Gasteiger partial charge in [-0.3, -0.25) is 0 Å². The summed E-state index contributed by atoms with van der Waals surface area (Å²) in [6, 6.07) is 1.16. The summed E-state index contributed by atoms with van der Waals surface area (Å²) in [4.78, 5) is 7.62. The summed E-state index contributed by atoms with van der Waals surface area (Å²) >= 11 is 0. The number of nitrogens with one attached hydrogen (secondary N) is 1. The maximum Gasteiger partial charge on any atom is 0.228 e. The minimum atomic E-state index is -0.581. The SMILES string of the molecule is CCCCCCNc1nc(F)cc(OC)n1. The van der Waals surface area contributed by atoms with Gasteiger partial charge in [0, 0.05) is 6.54 Å². The molecule has 0 aromatic carbocycles. The number of hydrogen-bond acceptors (Lipinski definition) is 4. The Morgan fingerprint density at radius 2 is 2.12 bits per heavy atom. The summed E-state index contributed by atoms with van der Waals surface area (Å²) in [5, 5.41) is 2.98. The van der Waals surface area contributed by atoms with Crippen molar-refractivity contribution in [3.05, 3.63) is 12.0 Å². The third-order valence-electron chi connectivity index (χ3n) is 2.19. The zero-order chi connectivity index (χ0) is 11.8. The number of ether oxygens (including phenoxy) is 1. The van der Waals surface area contributed by atoms with Crippen molar-refractivity contribution in [2.24, 2.45) is 0 Å². The number of anilines is 1. The van der Waals surface area contributed by atoms with Gasteiger partial charge in [-0.1, -0.05) is 26.2 Å². The van der Waals surface area contributed by atoms with Crippen LogP contribution < -0.4 is 10.1 Å². The van der Waals surface area contributed by atoms with E-state index in [1.54, 1.807) is 0 Å². The molecule has 0 aliphatic rings. The molecule has 0 amide bonds. The highest BCUT2D eigenvalue weighted by Gasteiger charge is 2.03. The molecule has 1 aromatic rings. The maximum absolute atomic E-state index is 13.0. The van der Waals surface area contributed by atoms with Crippen LogP contribution in [-0.4, -0.2) is 23.6 Å². The molecule has 4 nitrogen and oxygen atoms in total. The van der Waals surface area contributed by atoms with Gasteiger partial charge in [-0.2, -0.15) is 14.4 Å². The predicted octanol–water partition coefficient (Wildman–Crippen LogP) is 2.62. The van der Waals surface area contributed by atoms with Crippen molar-refractivity contribution >= 4 is 5.95 Å². The molecular weight excluding hydrogens is 209 g/mol. The molecule has 1 heterocycles. The molecule has 0 aliphatic heterocycles. The van der Waals surface area contributed by atoms with Crippen LogP contribution in [0.2, 0.25) is 0 Å². The van der Waals surface area contributed by atoms with Crippen molar-refractivity contribution in [2.45, 2.75) is 32.6 Å². The fourth-order valence-corrected chi connectivity index (χ4v) is 1.33. The molecule has 0 atom stereocenters. The van der Waals surface area contributed by atoms with Crippen LogP contribution in [0.25, 0.3) is 0 Å². The highest BCUT2D eigenvalue weighted by Crippen LogP contribution is 2.10. The first-order chi connectivity index (χ1) is 7.76. The topological polar surface area (TPSA) is 47.0 Å². The fourth-order valence-electron chi connectivity index (χ4n) is 1.33. The number of rotatable bonds is 7. The van der Waals surface area contributed by atoms with Crippen LogP contribution in [0.5, 0.6) is 5.88 Å². The molecule has 0 bridgehead atoms. The Morgan fingerprint density at radius 3 is 2.81 bits per heavy atom. The smallest absolute Gasteiger partial charge is 0.228 e. The van der Waals surface area contributed by atoms with Crippen LogP contribution >= 0.6 is 0 Å². The van der Waals surface area contributed by atoms with E-state index >= 15 is 0 Å². The zero-order valence-corrected chi connectivity index (χ0v) is 9.79. The minimum Gasteiger partial charge on any atom is -0.481 e. The molecule has 16 heavy (non-hydrogen) atoms. The summed E-state index contributed by atoms with van der Waals surface area (Å²) in [5.41, 5.74) is 0. The van der Waals surface area contributed by atoms with E-state index in [9.17, 15) is 4.39 Å². The number of methoxy groups -OCH3 is 1. The first kappa shape index (κ1) is 12.7. The van der Waals surface area contributed by atoms with E-state index in [0.29, 0.717) is 0 Å². The molecule has 0 radical (unpaired) electrons. The third-order valence-corrected chi connectivity index (χ3v) is 2.19. The van der Waals surface area contributed by atoms with Gasteiger partial charge in [-0.15, -0.1) is 0 Å². The van der Waals surface area contributed by atoms with Crippen molar-refractivity contribution in [1.82, 2.24) is 9.97 Å². The lowest BCUT2D eigenvalue weighted by Gasteiger charge is -2.05. The second-order valence-corrected chi connectivity index (χ2v) is 3.54. The highest BCUT2D eigenvalue weighted by molar-refractivity contribution is 5.27. The summed E-state index contributed by atoms with van der Waals surface area (Å²) in [6.45, 7) is 2.92. The summed E-state index contributed by atoms with van der Waals surface area (Å²) < 4.78 is 17.8. The van der Waals surface area contributed by atoms with Crippen LogP contribution in [-0.2, 0) is 0 Å². The quantitative estimate of drug-likeness (QED) is 0.574. The number of halogens is 1. The predicted molar refractivity (Wildman–Crippen MR) is 61.2 cm³/mol. The van der Waals surface area contributed by atoms with Crippen molar-refractivity contribution in [3.63, 3.8) is 0 Å². The Morgan fingerprint density at radius 1 is 1.31 bits per heavy atom. The van der Waals surface area contributed by atoms with Gasteiger partial charge in [0.25, 0.3) is 0 Å². The van der Waals surface area contributed by atoms with E-state index < -0.39 is 5.95 Å². The Kier molecular flexibility index (Phi) is 5.53. The number of nitrogens with zero attached hydrogens (tertiary/aromatic N) is 2. The second-order valence-electron chi connectivity index (χ2n) is 3.54. The van der Waals surface area contributed by atoms with Gasteiger partial charge in [0.1, 0.15) is 0 Å². The normalized spacial score (nSPS) is 10.2. The van der Waals surface area contributed by atoms with Gasteiger partial charge >= 0.3 is 0 Å². The average molecular weight is 227 g/mol. The van der Waals surface area contributed by atoms with E-state index in [2.05, 4.69) is 22.2 Å². The van der Waals surface area contributed by atoms with E-state index in [-0.39, 0.29) is 11.8 Å². The summed E-state index contributed by atoms with van der Waals surface area (Å²) in [5.74, 6) is -0.0557. The lowest BCUT2D eigenvalue weighted by molar-refractivity contribution is 0.391. The van der Waals surface area contributed by atoms with Crippen molar-refractivity contribution in [3.8, 4) is 5.88 Å². The minimum absolute atomic E-state index is 0.239. The monoisotopic (exact) mass is 227 g/mol. The first-order valence-electron chi connectivity index (χ1n) is 5.58. The molecule has 0 spiro atoms. The van der Waals surface area contributed by atoms with E-state index in [0.717, 1.165) is 25.5 Å². The van der Waals surface area contributed by atoms with Gasteiger partial charge in [0.15, 0.2) is 0 Å². The first-order valence-corrected chi connectivity index (χ1v) is 5.58. The maximum atomic E-state index is 13.0. The molecular formula is C11H18FN3O. The van der Waals surface area contributed by atoms with Crippen molar-refractivity contribution in [1.29, 1.82) is 0 Å². The van der Waals surface area contributed by atoms with E-state index in [1.165, 1.54) is 20.0 Å². The van der Waals surface area contributed by atoms with Crippen molar-refractivity contribution in [2.75, 3.05) is 19.0 Å². The van der Waals surface area contributed by atoms with Gasteiger partial charge in [-0.25, -0.2) is 0 Å². The Labute approximate surface area is 95.3 Å². The number of hydrogen-bond donors (Lipinski definition) is 1. The molecule has 0 fully saturated rings. The molecule has 0 saturated heterocycles. The molecule has 1 aromatic heterocycles. The van der Waals surface area contributed by atoms with Gasteiger partial charge < -0.3 is 10.1 Å². The molecule has 0 saturated carbocycles. The Bertz CT molecular complexity index is 320. The van der Waals surface area contributed by atoms with Gasteiger partial charge in [0.05, 0.1) is 13.2 Å². The molecule has 90 valence electrons. The fraction of sp³-hybridized carbons (Fsp3) is 0.636. The molecule has 0 aliphatic carbocycles. The summed E-state index contributed by atoms with van der Waals surface area (Å²) in [7, 11) is 1.45. The van der Waals surface area contributed by atoms with Crippen LogP contribution in [0, 0.1) is 5.95 Å². The van der Waals surface area contributed by atoms with Crippen LogP contribution in [0.4, 0.5) is 10.3 Å². The van der Waals surface area contributed by atoms with E-state index in [4.69, 9.17) is 4.74 Å². The van der Waals surface area contributed by atoms with Crippen molar-refractivity contribution < 1.29 is 9.13 Å². The highest BCUT2D eigenvalue weighted by atomic mass is 19.1. The second kappa shape index (κ2) is 6.98. The molecule has 5 heteroatoms. The Hall–Kier alpha value is -1.39. The number of unbranched alkanes of at least 4 members (excludes halogenated alkanes) is 3.